The molecule has 1 aliphatic rings. The lowest BCUT2D eigenvalue weighted by molar-refractivity contribution is -0.274. The van der Waals surface area contributed by atoms with Crippen molar-refractivity contribution in [3.63, 3.8) is 0 Å². The van der Waals surface area contributed by atoms with Crippen molar-refractivity contribution in [1.82, 2.24) is 19.7 Å². The summed E-state index contributed by atoms with van der Waals surface area (Å²) in [6.07, 6.45) is -2.28. The highest BCUT2D eigenvalue weighted by molar-refractivity contribution is 7.71. The van der Waals surface area contributed by atoms with Crippen molar-refractivity contribution < 1.29 is 22.7 Å². The van der Waals surface area contributed by atoms with Crippen LogP contribution in [0.15, 0.2) is 24.3 Å². The van der Waals surface area contributed by atoms with Crippen LogP contribution >= 0.6 is 12.2 Å². The van der Waals surface area contributed by atoms with Gasteiger partial charge in [0, 0.05) is 31.5 Å². The zero-order chi connectivity index (χ0) is 21.9. The number of rotatable bonds is 6. The van der Waals surface area contributed by atoms with Crippen LogP contribution in [0.4, 0.5) is 13.2 Å². The number of aromatic amines is 1. The Hall–Kier alpha value is -2.36. The minimum absolute atomic E-state index is 0.0480. The summed E-state index contributed by atoms with van der Waals surface area (Å²) in [6, 6.07) is 5.85. The number of benzene rings is 1. The lowest BCUT2D eigenvalue weighted by Gasteiger charge is -2.32. The van der Waals surface area contributed by atoms with E-state index in [9.17, 15) is 18.0 Å². The Balaban J connectivity index is 1.49. The summed E-state index contributed by atoms with van der Waals surface area (Å²) in [6.45, 7) is 5.43. The van der Waals surface area contributed by atoms with Crippen LogP contribution in [-0.2, 0) is 11.2 Å². The molecule has 3 rings (SSSR count). The fourth-order valence-corrected chi connectivity index (χ4v) is 4.11. The van der Waals surface area contributed by atoms with Crippen LogP contribution in [0.3, 0.4) is 0 Å². The molecule has 1 N–H and O–H groups in total. The van der Waals surface area contributed by atoms with Crippen molar-refractivity contribution >= 4 is 18.1 Å². The molecule has 0 aliphatic carbocycles. The molecule has 0 radical (unpaired) electrons. The molecule has 0 bridgehead atoms. The second kappa shape index (κ2) is 9.20. The van der Waals surface area contributed by atoms with Gasteiger partial charge < -0.3 is 14.2 Å². The number of piperidine rings is 1. The van der Waals surface area contributed by atoms with E-state index >= 15 is 0 Å². The molecule has 1 aliphatic heterocycles. The number of ether oxygens (including phenoxy) is 1. The summed E-state index contributed by atoms with van der Waals surface area (Å²) >= 11 is 5.31. The lowest BCUT2D eigenvalue weighted by atomic mass is 9.95. The van der Waals surface area contributed by atoms with Crippen LogP contribution in [0, 0.1) is 4.77 Å². The average Bonchev–Trinajstić information content (AvgIpc) is 3.08. The SMILES string of the molecule is CC(C)n1c(C2CCN(C(=O)CCc3ccc(OC(F)(F)F)cc3)CC2)n[nH]c1=S. The van der Waals surface area contributed by atoms with Gasteiger partial charge in [-0.2, -0.15) is 5.10 Å². The van der Waals surface area contributed by atoms with Crippen LogP contribution in [-0.4, -0.2) is 45.0 Å². The Labute approximate surface area is 178 Å². The lowest BCUT2D eigenvalue weighted by Crippen LogP contribution is -2.38. The predicted molar refractivity (Wildman–Crippen MR) is 108 cm³/mol. The first-order chi connectivity index (χ1) is 14.1. The number of nitrogens with one attached hydrogen (secondary N) is 1. The van der Waals surface area contributed by atoms with Crippen LogP contribution in [0.1, 0.15) is 56.5 Å². The molecule has 1 amide bonds. The van der Waals surface area contributed by atoms with E-state index in [1.807, 2.05) is 9.47 Å². The second-order valence-corrected chi connectivity index (χ2v) is 8.08. The molecule has 0 spiro atoms. The van der Waals surface area contributed by atoms with Gasteiger partial charge in [0.1, 0.15) is 11.6 Å². The fraction of sp³-hybridized carbons (Fsp3) is 0.550. The Morgan fingerprint density at radius 3 is 2.47 bits per heavy atom. The van der Waals surface area contributed by atoms with E-state index in [1.165, 1.54) is 12.1 Å². The van der Waals surface area contributed by atoms with E-state index in [2.05, 4.69) is 28.8 Å². The summed E-state index contributed by atoms with van der Waals surface area (Å²) in [4.78, 5) is 14.4. The molecule has 0 saturated carbocycles. The number of amides is 1. The third kappa shape index (κ3) is 5.62. The number of aryl methyl sites for hydroxylation is 1. The Kier molecular flexibility index (Phi) is 6.84. The van der Waals surface area contributed by atoms with Gasteiger partial charge in [-0.15, -0.1) is 13.2 Å². The number of nitrogens with zero attached hydrogens (tertiary/aromatic N) is 3. The van der Waals surface area contributed by atoms with E-state index in [0.717, 1.165) is 24.2 Å². The number of halogens is 3. The predicted octanol–water partition coefficient (Wildman–Crippen LogP) is 4.76. The highest BCUT2D eigenvalue weighted by Gasteiger charge is 2.31. The van der Waals surface area contributed by atoms with E-state index in [0.29, 0.717) is 30.7 Å². The van der Waals surface area contributed by atoms with Gasteiger partial charge in [-0.3, -0.25) is 9.89 Å². The topological polar surface area (TPSA) is 63.1 Å². The zero-order valence-corrected chi connectivity index (χ0v) is 17.7. The van der Waals surface area contributed by atoms with Gasteiger partial charge in [0.05, 0.1) is 0 Å². The standard InChI is InChI=1S/C20H25F3N4O2S/c1-13(2)27-18(24-25-19(27)30)15-9-11-26(12-10-15)17(28)8-5-14-3-6-16(7-4-14)29-20(21,22)23/h3-4,6-7,13,15H,5,8-12H2,1-2H3,(H,25,30). The molecule has 10 heteroatoms. The first kappa shape index (κ1) is 22.3. The summed E-state index contributed by atoms with van der Waals surface area (Å²) < 4.78 is 43.2. The van der Waals surface area contributed by atoms with Gasteiger partial charge in [0.15, 0.2) is 4.77 Å². The zero-order valence-electron chi connectivity index (χ0n) is 16.9. The third-order valence-corrected chi connectivity index (χ3v) is 5.53. The minimum Gasteiger partial charge on any atom is -0.406 e. The van der Waals surface area contributed by atoms with Gasteiger partial charge in [-0.25, -0.2) is 0 Å². The molecule has 0 unspecified atom stereocenters. The highest BCUT2D eigenvalue weighted by atomic mass is 32.1. The normalized spacial score (nSPS) is 15.6. The Morgan fingerprint density at radius 1 is 1.27 bits per heavy atom. The molecule has 2 heterocycles. The van der Waals surface area contributed by atoms with Crippen molar-refractivity contribution in [2.45, 2.75) is 57.9 Å². The van der Waals surface area contributed by atoms with Crippen molar-refractivity contribution in [2.24, 2.45) is 0 Å². The molecule has 2 aromatic rings. The maximum Gasteiger partial charge on any atom is 0.573 e. The van der Waals surface area contributed by atoms with Crippen molar-refractivity contribution in [2.75, 3.05) is 13.1 Å². The van der Waals surface area contributed by atoms with Crippen LogP contribution in [0.5, 0.6) is 5.75 Å². The van der Waals surface area contributed by atoms with E-state index < -0.39 is 6.36 Å². The largest absolute Gasteiger partial charge is 0.573 e. The monoisotopic (exact) mass is 442 g/mol. The molecule has 1 saturated heterocycles. The number of likely N-dealkylation sites (tertiary alicyclic amines) is 1. The van der Waals surface area contributed by atoms with Crippen molar-refractivity contribution in [3.05, 3.63) is 40.4 Å². The quantitative estimate of drug-likeness (QED) is 0.656. The third-order valence-electron chi connectivity index (χ3n) is 5.25. The van der Waals surface area contributed by atoms with Gasteiger partial charge in [-0.05, 0) is 63.0 Å². The molecule has 6 nitrogen and oxygen atoms in total. The number of H-pyrrole nitrogens is 1. The highest BCUT2D eigenvalue weighted by Crippen LogP contribution is 2.29. The van der Waals surface area contributed by atoms with Gasteiger partial charge in [0.2, 0.25) is 5.91 Å². The minimum atomic E-state index is -4.71. The summed E-state index contributed by atoms with van der Waals surface area (Å²) in [5.41, 5.74) is 0.792. The average molecular weight is 443 g/mol. The summed E-state index contributed by atoms with van der Waals surface area (Å²) in [5.74, 6) is 0.986. The van der Waals surface area contributed by atoms with Crippen LogP contribution < -0.4 is 4.74 Å². The molecule has 0 atom stereocenters. The molecule has 164 valence electrons. The van der Waals surface area contributed by atoms with Crippen LogP contribution in [0.2, 0.25) is 0 Å². The number of carbonyl (C=O) groups excluding carboxylic acids is 1. The number of hydrogen-bond acceptors (Lipinski definition) is 4. The van der Waals surface area contributed by atoms with Gasteiger partial charge >= 0.3 is 6.36 Å². The molecule has 1 aromatic carbocycles. The maximum absolute atomic E-state index is 12.6. The van der Waals surface area contributed by atoms with E-state index in [4.69, 9.17) is 12.2 Å². The molecule has 1 fully saturated rings. The molecule has 1 aromatic heterocycles. The second-order valence-electron chi connectivity index (χ2n) is 7.70. The smallest absolute Gasteiger partial charge is 0.406 e. The number of hydrogen-bond donors (Lipinski definition) is 1. The Bertz CT molecular complexity index is 913. The number of alkyl halides is 3. The van der Waals surface area contributed by atoms with Crippen LogP contribution in [0.25, 0.3) is 0 Å². The van der Waals surface area contributed by atoms with Crippen molar-refractivity contribution in [3.8, 4) is 5.75 Å². The Morgan fingerprint density at radius 2 is 1.90 bits per heavy atom. The number of carbonyl (C=O) groups is 1. The first-order valence-corrected chi connectivity index (χ1v) is 10.3. The summed E-state index contributed by atoms with van der Waals surface area (Å²) in [5, 5.41) is 7.27. The fourth-order valence-electron chi connectivity index (χ4n) is 3.76. The summed E-state index contributed by atoms with van der Waals surface area (Å²) in [7, 11) is 0. The first-order valence-electron chi connectivity index (χ1n) is 9.93. The number of aromatic nitrogens is 3. The van der Waals surface area contributed by atoms with E-state index in [1.54, 1.807) is 12.1 Å². The molecular formula is C20H25F3N4O2S. The molecule has 30 heavy (non-hydrogen) atoms. The maximum atomic E-state index is 12.6. The van der Waals surface area contributed by atoms with Crippen molar-refractivity contribution in [1.29, 1.82) is 0 Å². The molecular weight excluding hydrogens is 417 g/mol. The van der Waals surface area contributed by atoms with E-state index in [-0.39, 0.29) is 23.6 Å². The van der Waals surface area contributed by atoms with Gasteiger partial charge in [-0.1, -0.05) is 12.1 Å². The van der Waals surface area contributed by atoms with Gasteiger partial charge in [0.25, 0.3) is 0 Å².